The van der Waals surface area contributed by atoms with Gasteiger partial charge in [0, 0.05) is 13.1 Å². The second kappa shape index (κ2) is 6.56. The van der Waals surface area contributed by atoms with Gasteiger partial charge in [0.2, 0.25) is 5.91 Å². The molecule has 2 atom stereocenters. The predicted molar refractivity (Wildman–Crippen MR) is 61.4 cm³/mol. The topological polar surface area (TPSA) is 92.9 Å². The number of likely N-dealkylation sites (tertiary alicyclic amines) is 1. The molecule has 1 rings (SSSR count). The third kappa shape index (κ3) is 3.98. The third-order valence-electron chi connectivity index (χ3n) is 2.96. The summed E-state index contributed by atoms with van der Waals surface area (Å²) in [6.45, 7) is 3.07. The van der Waals surface area contributed by atoms with E-state index in [0.29, 0.717) is 32.0 Å². The predicted octanol–water partition coefficient (Wildman–Crippen LogP) is -0.327. The van der Waals surface area contributed by atoms with Gasteiger partial charge in [0.25, 0.3) is 0 Å². The highest BCUT2D eigenvalue weighted by molar-refractivity contribution is 5.84. The largest absolute Gasteiger partial charge is 0.480 e. The number of carbonyl (C=O) groups is 2. The van der Waals surface area contributed by atoms with Gasteiger partial charge in [0.15, 0.2) is 0 Å². The summed E-state index contributed by atoms with van der Waals surface area (Å²) in [5.74, 6) is -0.869. The highest BCUT2D eigenvalue weighted by Gasteiger charge is 2.34. The first kappa shape index (κ1) is 13.9. The molecule has 0 radical (unpaired) electrons. The van der Waals surface area contributed by atoms with E-state index < -0.39 is 12.0 Å². The molecule has 98 valence electrons. The molecule has 0 aromatic heterocycles. The summed E-state index contributed by atoms with van der Waals surface area (Å²) in [5, 5.41) is 9.09. The van der Waals surface area contributed by atoms with Gasteiger partial charge in [-0.2, -0.15) is 0 Å². The number of nitrogens with zero attached hydrogens (tertiary/aromatic N) is 1. The van der Waals surface area contributed by atoms with Crippen molar-refractivity contribution in [2.45, 2.75) is 25.8 Å². The lowest BCUT2D eigenvalue weighted by Gasteiger charge is -2.35. The molecule has 6 heteroatoms. The Balaban J connectivity index is 2.54. The van der Waals surface area contributed by atoms with E-state index in [1.165, 1.54) is 4.90 Å². The smallest absolute Gasteiger partial charge is 0.326 e. The molecule has 0 spiro atoms. The fourth-order valence-electron chi connectivity index (χ4n) is 2.00. The number of hydrogen-bond donors (Lipinski definition) is 2. The van der Waals surface area contributed by atoms with E-state index in [9.17, 15) is 9.59 Å². The summed E-state index contributed by atoms with van der Waals surface area (Å²) in [6, 6.07) is -0.715. The minimum Gasteiger partial charge on any atom is -0.480 e. The van der Waals surface area contributed by atoms with Gasteiger partial charge in [-0.05, 0) is 18.8 Å². The summed E-state index contributed by atoms with van der Waals surface area (Å²) >= 11 is 0. The monoisotopic (exact) mass is 244 g/mol. The molecule has 0 saturated carbocycles. The van der Waals surface area contributed by atoms with E-state index in [1.807, 2.05) is 6.92 Å². The quantitative estimate of drug-likeness (QED) is 0.646. The standard InChI is InChI=1S/C11H20N2O4/c1-8-2-4-13(9(6-8)11(15)16)10(14)7-17-5-3-12/h8-9H,2-7,12H2,1H3,(H,15,16). The Hall–Kier alpha value is -1.14. The maximum Gasteiger partial charge on any atom is 0.326 e. The Labute approximate surface area is 101 Å². The number of carbonyl (C=O) groups excluding carboxylic acids is 1. The van der Waals surface area contributed by atoms with Crippen LogP contribution in [0.2, 0.25) is 0 Å². The molecule has 0 bridgehead atoms. The molecule has 1 saturated heterocycles. The number of rotatable bonds is 5. The molecule has 3 N–H and O–H groups in total. The third-order valence-corrected chi connectivity index (χ3v) is 2.96. The molecule has 1 aliphatic heterocycles. The lowest BCUT2D eigenvalue weighted by molar-refractivity contribution is -0.155. The van der Waals surface area contributed by atoms with Crippen LogP contribution >= 0.6 is 0 Å². The number of carboxylic acids is 1. The van der Waals surface area contributed by atoms with E-state index in [1.54, 1.807) is 0 Å². The molecule has 6 nitrogen and oxygen atoms in total. The number of nitrogens with two attached hydrogens (primary N) is 1. The summed E-state index contributed by atoms with van der Waals surface area (Å²) in [5.41, 5.74) is 5.24. The van der Waals surface area contributed by atoms with Crippen LogP contribution in [0, 0.1) is 5.92 Å². The second-order valence-corrected chi connectivity index (χ2v) is 4.41. The zero-order chi connectivity index (χ0) is 12.8. The Bertz CT molecular complexity index is 283. The molecule has 0 aromatic carbocycles. The molecular weight excluding hydrogens is 224 g/mol. The average Bonchev–Trinajstić information content (AvgIpc) is 2.29. The van der Waals surface area contributed by atoms with E-state index in [0.717, 1.165) is 6.42 Å². The van der Waals surface area contributed by atoms with Crippen LogP contribution < -0.4 is 5.73 Å². The lowest BCUT2D eigenvalue weighted by atomic mass is 9.92. The SMILES string of the molecule is CC1CCN(C(=O)COCCN)C(C(=O)O)C1. The van der Waals surface area contributed by atoms with Gasteiger partial charge >= 0.3 is 5.97 Å². The number of aliphatic carboxylic acids is 1. The number of hydrogen-bond acceptors (Lipinski definition) is 4. The Morgan fingerprint density at radius 2 is 2.24 bits per heavy atom. The summed E-state index contributed by atoms with van der Waals surface area (Å²) in [4.78, 5) is 24.3. The van der Waals surface area contributed by atoms with Crippen LogP contribution in [0.4, 0.5) is 0 Å². The Morgan fingerprint density at radius 3 is 2.82 bits per heavy atom. The van der Waals surface area contributed by atoms with Crippen LogP contribution in [-0.2, 0) is 14.3 Å². The maximum absolute atomic E-state index is 11.8. The molecule has 1 aliphatic rings. The van der Waals surface area contributed by atoms with Crippen LogP contribution in [-0.4, -0.2) is 54.2 Å². The van der Waals surface area contributed by atoms with Crippen LogP contribution in [0.1, 0.15) is 19.8 Å². The van der Waals surface area contributed by atoms with Crippen LogP contribution in [0.5, 0.6) is 0 Å². The van der Waals surface area contributed by atoms with Crippen molar-refractivity contribution in [1.29, 1.82) is 0 Å². The molecule has 2 unspecified atom stereocenters. The molecule has 1 fully saturated rings. The number of amides is 1. The van der Waals surface area contributed by atoms with Crippen LogP contribution in [0.15, 0.2) is 0 Å². The molecule has 1 amide bonds. The van der Waals surface area contributed by atoms with Gasteiger partial charge in [-0.1, -0.05) is 6.92 Å². The average molecular weight is 244 g/mol. The summed E-state index contributed by atoms with van der Waals surface area (Å²) < 4.78 is 5.04. The first-order valence-electron chi connectivity index (χ1n) is 5.86. The Kier molecular flexibility index (Phi) is 5.37. The van der Waals surface area contributed by atoms with Gasteiger partial charge in [-0.3, -0.25) is 4.79 Å². The minimum atomic E-state index is -0.941. The first-order chi connectivity index (χ1) is 8.06. The normalized spacial score (nSPS) is 24.7. The molecule has 0 aromatic rings. The van der Waals surface area contributed by atoms with Crippen molar-refractivity contribution in [1.82, 2.24) is 4.90 Å². The lowest BCUT2D eigenvalue weighted by Crippen LogP contribution is -2.51. The highest BCUT2D eigenvalue weighted by atomic mass is 16.5. The zero-order valence-electron chi connectivity index (χ0n) is 10.1. The Morgan fingerprint density at radius 1 is 1.53 bits per heavy atom. The number of carboxylic acid groups (broad SMARTS) is 1. The van der Waals surface area contributed by atoms with Gasteiger partial charge in [0.1, 0.15) is 12.6 Å². The molecular formula is C11H20N2O4. The number of ether oxygens (including phenoxy) is 1. The first-order valence-corrected chi connectivity index (χ1v) is 5.86. The van der Waals surface area contributed by atoms with Crippen molar-refractivity contribution in [3.05, 3.63) is 0 Å². The fraction of sp³-hybridized carbons (Fsp3) is 0.818. The van der Waals surface area contributed by atoms with Gasteiger partial charge in [0.05, 0.1) is 6.61 Å². The maximum atomic E-state index is 11.8. The highest BCUT2D eigenvalue weighted by Crippen LogP contribution is 2.22. The fourth-order valence-corrected chi connectivity index (χ4v) is 2.00. The van der Waals surface area contributed by atoms with Crippen molar-refractivity contribution >= 4 is 11.9 Å². The number of piperidine rings is 1. The van der Waals surface area contributed by atoms with Gasteiger partial charge < -0.3 is 20.5 Å². The van der Waals surface area contributed by atoms with Crippen molar-refractivity contribution in [2.75, 3.05) is 26.3 Å². The van der Waals surface area contributed by atoms with Crippen molar-refractivity contribution < 1.29 is 19.4 Å². The van der Waals surface area contributed by atoms with Gasteiger partial charge in [-0.25, -0.2) is 4.79 Å². The van der Waals surface area contributed by atoms with Crippen molar-refractivity contribution in [3.8, 4) is 0 Å². The van der Waals surface area contributed by atoms with Crippen LogP contribution in [0.25, 0.3) is 0 Å². The summed E-state index contributed by atoms with van der Waals surface area (Å²) in [6.07, 6.45) is 1.35. The van der Waals surface area contributed by atoms with E-state index in [2.05, 4.69) is 0 Å². The van der Waals surface area contributed by atoms with E-state index in [-0.39, 0.29) is 12.5 Å². The summed E-state index contributed by atoms with van der Waals surface area (Å²) in [7, 11) is 0. The van der Waals surface area contributed by atoms with Gasteiger partial charge in [-0.15, -0.1) is 0 Å². The van der Waals surface area contributed by atoms with E-state index in [4.69, 9.17) is 15.6 Å². The minimum absolute atomic E-state index is 0.0879. The molecule has 1 heterocycles. The van der Waals surface area contributed by atoms with Crippen molar-refractivity contribution in [2.24, 2.45) is 11.7 Å². The van der Waals surface area contributed by atoms with Crippen LogP contribution in [0.3, 0.4) is 0 Å². The molecule has 0 aliphatic carbocycles. The van der Waals surface area contributed by atoms with Crippen molar-refractivity contribution in [3.63, 3.8) is 0 Å². The zero-order valence-corrected chi connectivity index (χ0v) is 10.1. The second-order valence-electron chi connectivity index (χ2n) is 4.41. The molecule has 17 heavy (non-hydrogen) atoms. The van der Waals surface area contributed by atoms with E-state index >= 15 is 0 Å².